The molecule has 150 valence electrons. The van der Waals surface area contributed by atoms with Crippen LogP contribution in [0.1, 0.15) is 35.0 Å². The Bertz CT molecular complexity index is 952. The Labute approximate surface area is 170 Å². The highest BCUT2D eigenvalue weighted by Crippen LogP contribution is 2.13. The second-order valence-corrected chi connectivity index (χ2v) is 6.98. The number of carbonyl (C=O) groups is 2. The van der Waals surface area contributed by atoms with Crippen molar-refractivity contribution in [2.45, 2.75) is 32.7 Å². The highest BCUT2D eigenvalue weighted by molar-refractivity contribution is 5.97. The first-order valence-electron chi connectivity index (χ1n) is 9.79. The zero-order chi connectivity index (χ0) is 20.6. The summed E-state index contributed by atoms with van der Waals surface area (Å²) in [5, 5.41) is 10.2. The smallest absolute Gasteiger partial charge is 0.251 e. The first-order chi connectivity index (χ1) is 14.0. The lowest BCUT2D eigenvalue weighted by Crippen LogP contribution is -2.45. The molecule has 1 heterocycles. The van der Waals surface area contributed by atoms with Crippen LogP contribution < -0.4 is 10.6 Å². The largest absolute Gasteiger partial charge is 0.354 e. The van der Waals surface area contributed by atoms with E-state index in [4.69, 9.17) is 0 Å². The van der Waals surface area contributed by atoms with Gasteiger partial charge in [0.2, 0.25) is 5.91 Å². The van der Waals surface area contributed by atoms with Crippen LogP contribution >= 0.6 is 0 Å². The Kier molecular flexibility index (Phi) is 6.79. The molecule has 0 saturated carbocycles. The number of rotatable bonds is 8. The summed E-state index contributed by atoms with van der Waals surface area (Å²) in [5.74, 6) is -0.441. The molecule has 0 bridgehead atoms. The molecule has 1 unspecified atom stereocenters. The molecule has 2 N–H and O–H groups in total. The average Bonchev–Trinajstić information content (AvgIpc) is 3.12. The topological polar surface area (TPSA) is 76.0 Å². The Morgan fingerprint density at radius 1 is 1.03 bits per heavy atom. The van der Waals surface area contributed by atoms with Gasteiger partial charge in [0.05, 0.1) is 11.4 Å². The lowest BCUT2D eigenvalue weighted by Gasteiger charge is -2.14. The monoisotopic (exact) mass is 390 g/mol. The first kappa shape index (κ1) is 20.3. The van der Waals surface area contributed by atoms with Crippen molar-refractivity contribution in [3.63, 3.8) is 0 Å². The maximum Gasteiger partial charge on any atom is 0.251 e. The molecule has 1 atom stereocenters. The van der Waals surface area contributed by atoms with E-state index >= 15 is 0 Å². The molecule has 0 aliphatic carbocycles. The number of benzene rings is 2. The second-order valence-electron chi connectivity index (χ2n) is 6.98. The van der Waals surface area contributed by atoms with E-state index in [1.54, 1.807) is 31.2 Å². The third-order valence-corrected chi connectivity index (χ3v) is 4.72. The Morgan fingerprint density at radius 3 is 2.38 bits per heavy atom. The van der Waals surface area contributed by atoms with Crippen LogP contribution in [-0.2, 0) is 11.2 Å². The number of nitrogens with zero attached hydrogens (tertiary/aromatic N) is 2. The van der Waals surface area contributed by atoms with Crippen LogP contribution in [0.5, 0.6) is 0 Å². The Hall–Kier alpha value is -3.41. The summed E-state index contributed by atoms with van der Waals surface area (Å²) in [6.07, 6.45) is 3.66. The summed E-state index contributed by atoms with van der Waals surface area (Å²) < 4.78 is 1.88. The third-order valence-electron chi connectivity index (χ3n) is 4.72. The van der Waals surface area contributed by atoms with Crippen molar-refractivity contribution in [2.75, 3.05) is 6.54 Å². The molecular formula is C23H26N4O2. The van der Waals surface area contributed by atoms with Gasteiger partial charge in [-0.1, -0.05) is 36.4 Å². The molecule has 2 aromatic carbocycles. The van der Waals surface area contributed by atoms with Gasteiger partial charge >= 0.3 is 0 Å². The van der Waals surface area contributed by atoms with Crippen molar-refractivity contribution in [1.29, 1.82) is 0 Å². The minimum Gasteiger partial charge on any atom is -0.354 e. The molecule has 0 fully saturated rings. The number of aromatic nitrogens is 2. The van der Waals surface area contributed by atoms with Gasteiger partial charge in [0, 0.05) is 18.3 Å². The van der Waals surface area contributed by atoms with E-state index in [-0.39, 0.29) is 11.8 Å². The molecular weight excluding hydrogens is 364 g/mol. The third kappa shape index (κ3) is 5.54. The molecule has 29 heavy (non-hydrogen) atoms. The van der Waals surface area contributed by atoms with Crippen LogP contribution in [0.25, 0.3) is 5.69 Å². The van der Waals surface area contributed by atoms with Crippen molar-refractivity contribution in [3.8, 4) is 5.69 Å². The maximum atomic E-state index is 12.2. The Morgan fingerprint density at radius 2 is 1.69 bits per heavy atom. The summed E-state index contributed by atoms with van der Waals surface area (Å²) in [5.41, 5.74) is 3.72. The zero-order valence-corrected chi connectivity index (χ0v) is 16.8. The van der Waals surface area contributed by atoms with Crippen LogP contribution in [0.2, 0.25) is 0 Å². The fourth-order valence-corrected chi connectivity index (χ4v) is 3.03. The van der Waals surface area contributed by atoms with Crippen LogP contribution in [-0.4, -0.2) is 34.2 Å². The maximum absolute atomic E-state index is 12.2. The summed E-state index contributed by atoms with van der Waals surface area (Å²) in [7, 11) is 0. The van der Waals surface area contributed by atoms with Gasteiger partial charge in [-0.05, 0) is 56.5 Å². The minimum absolute atomic E-state index is 0.189. The fourth-order valence-electron chi connectivity index (χ4n) is 3.03. The predicted molar refractivity (Wildman–Crippen MR) is 113 cm³/mol. The van der Waals surface area contributed by atoms with E-state index in [1.807, 2.05) is 54.2 Å². The number of para-hydroxylation sites is 1. The lowest BCUT2D eigenvalue weighted by molar-refractivity contribution is -0.122. The summed E-state index contributed by atoms with van der Waals surface area (Å²) >= 11 is 0. The number of amides is 2. The predicted octanol–water partition coefficient (Wildman–Crippen LogP) is 3.05. The molecule has 0 saturated heterocycles. The summed E-state index contributed by atoms with van der Waals surface area (Å²) in [6.45, 7) is 4.22. The number of aryl methyl sites for hydroxylation is 2. The standard InChI is InChI=1S/C23H26N4O2/c1-17-20(16-27(26-17)21-13-7-4-8-14-21)12-9-15-24-22(28)18(2)25-23(29)19-10-5-3-6-11-19/h3-8,10-11,13-14,16,18H,9,12,15H2,1-2H3,(H,24,28)(H,25,29). The van der Waals surface area contributed by atoms with E-state index < -0.39 is 6.04 Å². The molecule has 3 aromatic rings. The molecule has 1 aromatic heterocycles. The number of nitrogens with one attached hydrogen (secondary N) is 2. The van der Waals surface area contributed by atoms with E-state index in [0.29, 0.717) is 12.1 Å². The molecule has 3 rings (SSSR count). The van der Waals surface area contributed by atoms with Crippen molar-refractivity contribution < 1.29 is 9.59 Å². The van der Waals surface area contributed by atoms with Crippen molar-refractivity contribution in [3.05, 3.63) is 83.7 Å². The molecule has 2 amide bonds. The minimum atomic E-state index is -0.592. The van der Waals surface area contributed by atoms with Gasteiger partial charge in [-0.15, -0.1) is 0 Å². The Balaban J connectivity index is 1.44. The number of carbonyl (C=O) groups excluding carboxylic acids is 2. The van der Waals surface area contributed by atoms with Crippen LogP contribution in [0.15, 0.2) is 66.9 Å². The first-order valence-corrected chi connectivity index (χ1v) is 9.79. The van der Waals surface area contributed by atoms with Crippen molar-refractivity contribution >= 4 is 11.8 Å². The van der Waals surface area contributed by atoms with Gasteiger partial charge in [-0.3, -0.25) is 9.59 Å². The van der Waals surface area contributed by atoms with E-state index in [9.17, 15) is 9.59 Å². The van der Waals surface area contributed by atoms with Gasteiger partial charge in [0.25, 0.3) is 5.91 Å². The van der Waals surface area contributed by atoms with E-state index in [1.165, 1.54) is 0 Å². The van der Waals surface area contributed by atoms with E-state index in [2.05, 4.69) is 15.7 Å². The van der Waals surface area contributed by atoms with Gasteiger partial charge in [0.15, 0.2) is 0 Å². The zero-order valence-electron chi connectivity index (χ0n) is 16.8. The van der Waals surface area contributed by atoms with E-state index in [0.717, 1.165) is 29.8 Å². The fraction of sp³-hybridized carbons (Fsp3) is 0.261. The van der Waals surface area contributed by atoms with Gasteiger partial charge in [-0.25, -0.2) is 4.68 Å². The molecule has 0 radical (unpaired) electrons. The molecule has 6 heteroatoms. The highest BCUT2D eigenvalue weighted by atomic mass is 16.2. The summed E-state index contributed by atoms with van der Waals surface area (Å²) in [4.78, 5) is 24.4. The molecule has 0 aliphatic rings. The number of hydrogen-bond donors (Lipinski definition) is 2. The lowest BCUT2D eigenvalue weighted by atomic mass is 10.1. The van der Waals surface area contributed by atoms with Crippen molar-refractivity contribution in [2.24, 2.45) is 0 Å². The highest BCUT2D eigenvalue weighted by Gasteiger charge is 2.16. The van der Waals surface area contributed by atoms with Crippen LogP contribution in [0.3, 0.4) is 0 Å². The van der Waals surface area contributed by atoms with Gasteiger partial charge < -0.3 is 10.6 Å². The van der Waals surface area contributed by atoms with Crippen LogP contribution in [0.4, 0.5) is 0 Å². The number of hydrogen-bond acceptors (Lipinski definition) is 3. The van der Waals surface area contributed by atoms with Gasteiger partial charge in [0.1, 0.15) is 6.04 Å². The second kappa shape index (κ2) is 9.68. The summed E-state index contributed by atoms with van der Waals surface area (Å²) in [6, 6.07) is 18.3. The molecule has 0 aliphatic heterocycles. The van der Waals surface area contributed by atoms with Crippen molar-refractivity contribution in [1.82, 2.24) is 20.4 Å². The quantitative estimate of drug-likeness (QED) is 0.581. The average molecular weight is 390 g/mol. The molecule has 6 nitrogen and oxygen atoms in total. The molecule has 0 spiro atoms. The van der Waals surface area contributed by atoms with Gasteiger partial charge in [-0.2, -0.15) is 5.10 Å². The normalized spacial score (nSPS) is 11.7. The SMILES string of the molecule is Cc1nn(-c2ccccc2)cc1CCCNC(=O)C(C)NC(=O)c1ccccc1. The van der Waals surface area contributed by atoms with Crippen LogP contribution in [0, 0.1) is 6.92 Å².